The third-order valence-corrected chi connectivity index (χ3v) is 3.44. The van der Waals surface area contributed by atoms with E-state index in [1.54, 1.807) is 0 Å². The van der Waals surface area contributed by atoms with Crippen LogP contribution in [0.15, 0.2) is 48.5 Å². The number of carbonyl (C=O) groups excluding carboxylic acids is 3. The van der Waals surface area contributed by atoms with Gasteiger partial charge in [0.2, 0.25) is 11.7 Å². The molecule has 138 valence electrons. The Morgan fingerprint density at radius 1 is 0.963 bits per heavy atom. The van der Waals surface area contributed by atoms with Gasteiger partial charge in [-0.1, -0.05) is 18.2 Å². The molecule has 2 aromatic rings. The molecule has 2 aromatic carbocycles. The van der Waals surface area contributed by atoms with Crippen LogP contribution in [0.3, 0.4) is 0 Å². The van der Waals surface area contributed by atoms with E-state index in [-0.39, 0.29) is 22.7 Å². The number of aromatic hydroxyl groups is 2. The molecular weight excluding hydrogens is 354 g/mol. The van der Waals surface area contributed by atoms with Crippen LogP contribution in [-0.4, -0.2) is 38.8 Å². The summed E-state index contributed by atoms with van der Waals surface area (Å²) in [4.78, 5) is 45.5. The molecule has 0 saturated heterocycles. The summed E-state index contributed by atoms with van der Waals surface area (Å²) in [6, 6.07) is 9.79. The Hall–Kier alpha value is -3.94. The van der Waals surface area contributed by atoms with E-state index in [9.17, 15) is 29.4 Å². The third kappa shape index (κ3) is 5.53. The first kappa shape index (κ1) is 19.4. The number of benzene rings is 2. The van der Waals surface area contributed by atoms with Crippen LogP contribution in [0.5, 0.6) is 11.5 Å². The molecule has 0 bridgehead atoms. The number of phenolic OH excluding ortho intramolecular Hbond substituents is 2. The van der Waals surface area contributed by atoms with Gasteiger partial charge >= 0.3 is 5.97 Å². The van der Waals surface area contributed by atoms with Crippen molar-refractivity contribution < 1.29 is 34.5 Å². The van der Waals surface area contributed by atoms with Crippen LogP contribution in [0.2, 0.25) is 0 Å². The summed E-state index contributed by atoms with van der Waals surface area (Å²) < 4.78 is 0. The van der Waals surface area contributed by atoms with Crippen LogP contribution in [0, 0.1) is 0 Å². The second kappa shape index (κ2) is 8.43. The van der Waals surface area contributed by atoms with Gasteiger partial charge in [0, 0.05) is 17.3 Å². The highest BCUT2D eigenvalue weighted by Gasteiger charge is 2.18. The van der Waals surface area contributed by atoms with Crippen molar-refractivity contribution in [2.24, 2.45) is 0 Å². The van der Waals surface area contributed by atoms with E-state index < -0.39 is 29.9 Å². The average Bonchev–Trinajstić information content (AvgIpc) is 2.62. The molecule has 0 atom stereocenters. The lowest BCUT2D eigenvalue weighted by atomic mass is 10.1. The fraction of sp³-hybridized carbons (Fsp3) is 0.0526. The number of carbonyl (C=O) groups is 4. The minimum atomic E-state index is -1.68. The number of nitrogens with one attached hydrogen (secondary N) is 1. The number of carboxylic acid groups (broad SMARTS) is 1. The number of hydrogen-bond acceptors (Lipinski definition) is 6. The zero-order chi connectivity index (χ0) is 20.0. The average molecular weight is 369 g/mol. The number of aliphatic carboxylic acids is 1. The second-order valence-electron chi connectivity index (χ2n) is 5.48. The molecule has 0 spiro atoms. The van der Waals surface area contributed by atoms with Crippen molar-refractivity contribution in [1.82, 2.24) is 0 Å². The van der Waals surface area contributed by atoms with Crippen LogP contribution in [-0.2, 0) is 14.4 Å². The molecule has 0 fully saturated rings. The molecule has 0 unspecified atom stereocenters. The van der Waals surface area contributed by atoms with Gasteiger partial charge < -0.3 is 20.6 Å². The zero-order valence-electron chi connectivity index (χ0n) is 13.9. The molecule has 8 nitrogen and oxygen atoms in total. The lowest BCUT2D eigenvalue weighted by molar-refractivity contribution is -0.148. The first-order valence-electron chi connectivity index (χ1n) is 7.66. The molecule has 1 amide bonds. The number of phenols is 2. The molecule has 0 aliphatic carbocycles. The van der Waals surface area contributed by atoms with Crippen LogP contribution in [0.4, 0.5) is 5.69 Å². The summed E-state index contributed by atoms with van der Waals surface area (Å²) >= 11 is 0. The highest BCUT2D eigenvalue weighted by molar-refractivity contribution is 6.37. The zero-order valence-corrected chi connectivity index (χ0v) is 13.9. The van der Waals surface area contributed by atoms with Crippen LogP contribution >= 0.6 is 0 Å². The first-order chi connectivity index (χ1) is 12.8. The number of carboxylic acids is 1. The van der Waals surface area contributed by atoms with Crippen LogP contribution in [0.25, 0.3) is 6.08 Å². The number of rotatable bonds is 7. The summed E-state index contributed by atoms with van der Waals surface area (Å²) in [6.45, 7) is 0. The predicted octanol–water partition coefficient (Wildman–Crippen LogP) is 1.98. The number of Topliss-reactive ketones (excluding diaryl/α,β-unsaturated/α-hetero) is 2. The molecule has 4 N–H and O–H groups in total. The quantitative estimate of drug-likeness (QED) is 0.192. The standard InChI is InChI=1S/C19H15NO7/c21-14-6-4-11(8-16(14)23)5-7-18(25)20-13-3-1-2-12(9-13)15(22)10-17(24)19(26)27/h1-9,21,23H,10H2,(H,20,25)(H,26,27). The molecular formula is C19H15NO7. The molecule has 0 aromatic heterocycles. The van der Waals surface area contributed by atoms with Gasteiger partial charge in [0.25, 0.3) is 0 Å². The summed E-state index contributed by atoms with van der Waals surface area (Å²) in [5.41, 5.74) is 0.859. The van der Waals surface area contributed by atoms with Crippen molar-refractivity contribution in [3.8, 4) is 11.5 Å². The number of ketones is 2. The van der Waals surface area contributed by atoms with E-state index in [1.165, 1.54) is 54.6 Å². The van der Waals surface area contributed by atoms with Gasteiger partial charge in [0.1, 0.15) is 0 Å². The minimum absolute atomic E-state index is 0.0924. The smallest absolute Gasteiger partial charge is 0.372 e. The maximum Gasteiger partial charge on any atom is 0.372 e. The van der Waals surface area contributed by atoms with Gasteiger partial charge in [-0.3, -0.25) is 14.4 Å². The Morgan fingerprint density at radius 2 is 1.70 bits per heavy atom. The molecule has 2 rings (SSSR count). The van der Waals surface area contributed by atoms with E-state index in [1.807, 2.05) is 0 Å². The largest absolute Gasteiger partial charge is 0.504 e. The second-order valence-corrected chi connectivity index (χ2v) is 5.48. The normalized spacial score (nSPS) is 10.5. The van der Waals surface area contributed by atoms with Crippen molar-refractivity contribution in [2.45, 2.75) is 6.42 Å². The van der Waals surface area contributed by atoms with Crippen LogP contribution in [0.1, 0.15) is 22.3 Å². The first-order valence-corrected chi connectivity index (χ1v) is 7.66. The van der Waals surface area contributed by atoms with E-state index >= 15 is 0 Å². The Kier molecular flexibility index (Phi) is 6.06. The van der Waals surface area contributed by atoms with Crippen molar-refractivity contribution in [3.05, 3.63) is 59.7 Å². The van der Waals surface area contributed by atoms with Gasteiger partial charge in [0.05, 0.1) is 6.42 Å². The summed E-state index contributed by atoms with van der Waals surface area (Å²) in [6.07, 6.45) is 1.83. The third-order valence-electron chi connectivity index (χ3n) is 3.44. The van der Waals surface area contributed by atoms with Gasteiger partial charge in [-0.25, -0.2) is 4.79 Å². The molecule has 27 heavy (non-hydrogen) atoms. The molecule has 0 radical (unpaired) electrons. The van der Waals surface area contributed by atoms with Crippen molar-refractivity contribution >= 4 is 35.2 Å². The molecule has 0 saturated carbocycles. The minimum Gasteiger partial charge on any atom is -0.504 e. The highest BCUT2D eigenvalue weighted by atomic mass is 16.4. The number of amides is 1. The Morgan fingerprint density at radius 3 is 2.37 bits per heavy atom. The molecule has 0 aliphatic heterocycles. The predicted molar refractivity (Wildman–Crippen MR) is 95.5 cm³/mol. The van der Waals surface area contributed by atoms with E-state index in [0.29, 0.717) is 5.56 Å². The number of hydrogen-bond donors (Lipinski definition) is 4. The summed E-state index contributed by atoms with van der Waals surface area (Å²) in [5, 5.41) is 29.7. The Balaban J connectivity index is 2.04. The van der Waals surface area contributed by atoms with Crippen molar-refractivity contribution in [3.63, 3.8) is 0 Å². The summed E-state index contributed by atoms with van der Waals surface area (Å²) in [5.74, 6) is -4.69. The van der Waals surface area contributed by atoms with Crippen molar-refractivity contribution in [1.29, 1.82) is 0 Å². The van der Waals surface area contributed by atoms with Gasteiger partial charge in [-0.15, -0.1) is 0 Å². The summed E-state index contributed by atoms with van der Waals surface area (Å²) in [7, 11) is 0. The van der Waals surface area contributed by atoms with E-state index in [4.69, 9.17) is 5.11 Å². The Labute approximate surface area is 153 Å². The maximum absolute atomic E-state index is 12.0. The van der Waals surface area contributed by atoms with Gasteiger partial charge in [-0.05, 0) is 35.9 Å². The molecule has 0 heterocycles. The van der Waals surface area contributed by atoms with Gasteiger partial charge in [0.15, 0.2) is 17.3 Å². The van der Waals surface area contributed by atoms with E-state index in [0.717, 1.165) is 0 Å². The van der Waals surface area contributed by atoms with Crippen molar-refractivity contribution in [2.75, 3.05) is 5.32 Å². The highest BCUT2D eigenvalue weighted by Crippen LogP contribution is 2.25. The maximum atomic E-state index is 12.0. The SMILES string of the molecule is O=C(C=Cc1ccc(O)c(O)c1)Nc1cccc(C(=O)CC(=O)C(=O)O)c1. The topological polar surface area (TPSA) is 141 Å². The van der Waals surface area contributed by atoms with Gasteiger partial charge in [-0.2, -0.15) is 0 Å². The fourth-order valence-electron chi connectivity index (χ4n) is 2.09. The lowest BCUT2D eigenvalue weighted by Crippen LogP contribution is -2.17. The monoisotopic (exact) mass is 369 g/mol. The molecule has 8 heteroatoms. The fourth-order valence-corrected chi connectivity index (χ4v) is 2.09. The molecule has 0 aliphatic rings. The number of anilines is 1. The van der Waals surface area contributed by atoms with Crippen LogP contribution < -0.4 is 5.32 Å². The lowest BCUT2D eigenvalue weighted by Gasteiger charge is -2.05. The van der Waals surface area contributed by atoms with E-state index in [2.05, 4.69) is 5.32 Å². The Bertz CT molecular complexity index is 947.